The van der Waals surface area contributed by atoms with E-state index in [1.54, 1.807) is 18.5 Å². The number of aryl methyl sites for hydroxylation is 1. The van der Waals surface area contributed by atoms with Crippen LogP contribution in [0.5, 0.6) is 0 Å². The molecule has 4 rings (SSSR count). The summed E-state index contributed by atoms with van der Waals surface area (Å²) in [5.41, 5.74) is 0.990. The Labute approximate surface area is 161 Å². The second-order valence-corrected chi connectivity index (χ2v) is 9.45. The van der Waals surface area contributed by atoms with E-state index in [0.717, 1.165) is 6.54 Å². The Kier molecular flexibility index (Phi) is 4.85. The van der Waals surface area contributed by atoms with Gasteiger partial charge in [0, 0.05) is 17.1 Å². The second-order valence-electron chi connectivity index (χ2n) is 6.70. The summed E-state index contributed by atoms with van der Waals surface area (Å²) in [5, 5.41) is 1.73. The van der Waals surface area contributed by atoms with E-state index in [1.165, 1.54) is 30.5 Å². The molecular formula is C18H21N4O3S2+. The minimum Gasteiger partial charge on any atom is -0.329 e. The highest BCUT2D eigenvalue weighted by Crippen LogP contribution is 2.17. The van der Waals surface area contributed by atoms with Gasteiger partial charge in [-0.1, -0.05) is 30.3 Å². The lowest BCUT2D eigenvalue weighted by atomic mass is 10.2. The maximum Gasteiger partial charge on any atom is 0.279 e. The van der Waals surface area contributed by atoms with E-state index in [9.17, 15) is 13.2 Å². The minimum absolute atomic E-state index is 0.204. The van der Waals surface area contributed by atoms with Crippen molar-refractivity contribution in [3.63, 3.8) is 0 Å². The number of benzene rings is 1. The van der Waals surface area contributed by atoms with E-state index in [4.69, 9.17) is 0 Å². The Morgan fingerprint density at radius 3 is 2.59 bits per heavy atom. The Morgan fingerprint density at radius 2 is 1.89 bits per heavy atom. The molecule has 1 fully saturated rings. The monoisotopic (exact) mass is 405 g/mol. The minimum atomic E-state index is -3.86. The number of piperazine rings is 1. The third-order valence-corrected chi connectivity index (χ3v) is 7.71. The number of sulfonamides is 1. The molecule has 0 aliphatic carbocycles. The predicted octanol–water partition coefficient (Wildman–Crippen LogP) is 0.154. The maximum absolute atomic E-state index is 13.1. The fourth-order valence-corrected chi connectivity index (χ4v) is 5.91. The number of thiazole rings is 1. The van der Waals surface area contributed by atoms with Gasteiger partial charge in [-0.2, -0.15) is 4.31 Å². The normalized spacial score (nSPS) is 16.8. The van der Waals surface area contributed by atoms with Crippen LogP contribution in [0.15, 0.2) is 51.6 Å². The zero-order valence-corrected chi connectivity index (χ0v) is 16.6. The van der Waals surface area contributed by atoms with Crippen LogP contribution in [0.3, 0.4) is 0 Å². The number of hydrogen-bond acceptors (Lipinski definition) is 5. The number of nitrogens with zero attached hydrogens (tertiary/aromatic N) is 3. The molecule has 3 aromatic rings. The third-order valence-electron chi connectivity index (χ3n) is 4.92. The second kappa shape index (κ2) is 7.16. The highest BCUT2D eigenvalue weighted by atomic mass is 32.2. The van der Waals surface area contributed by atoms with Crippen LogP contribution in [0.25, 0.3) is 4.96 Å². The molecule has 1 aromatic carbocycles. The summed E-state index contributed by atoms with van der Waals surface area (Å²) in [5.74, 6) is 0. The van der Waals surface area contributed by atoms with Gasteiger partial charge in [0.25, 0.3) is 15.6 Å². The molecule has 27 heavy (non-hydrogen) atoms. The average Bonchev–Trinajstić information content (AvgIpc) is 3.11. The average molecular weight is 406 g/mol. The number of hydrogen-bond donors (Lipinski definition) is 1. The summed E-state index contributed by atoms with van der Waals surface area (Å²) >= 11 is 1.31. The summed E-state index contributed by atoms with van der Waals surface area (Å²) < 4.78 is 29.0. The molecule has 0 amide bonds. The zero-order chi connectivity index (χ0) is 19.0. The third kappa shape index (κ3) is 3.43. The van der Waals surface area contributed by atoms with Crippen molar-refractivity contribution in [2.75, 3.05) is 26.2 Å². The molecule has 0 saturated carbocycles. The summed E-state index contributed by atoms with van der Waals surface area (Å²) in [6, 6.07) is 10.2. The van der Waals surface area contributed by atoms with Gasteiger partial charge >= 0.3 is 0 Å². The Bertz CT molecular complexity index is 1110. The number of rotatable bonds is 4. The van der Waals surface area contributed by atoms with Crippen molar-refractivity contribution >= 4 is 26.3 Å². The molecule has 1 aliphatic heterocycles. The van der Waals surface area contributed by atoms with Gasteiger partial charge in [0.15, 0.2) is 9.86 Å². The lowest BCUT2D eigenvalue weighted by molar-refractivity contribution is -0.917. The lowest BCUT2D eigenvalue weighted by Crippen LogP contribution is -3.13. The fraction of sp³-hybridized carbons (Fsp3) is 0.333. The SMILES string of the molecule is Cc1nc2sccn2c(=O)c1S(=O)(=O)N1CC[NH+](Cc2ccccc2)CC1. The topological polar surface area (TPSA) is 76.2 Å². The van der Waals surface area contributed by atoms with E-state index in [-0.39, 0.29) is 10.6 Å². The number of aromatic nitrogens is 2. The molecule has 3 heterocycles. The molecule has 1 saturated heterocycles. The largest absolute Gasteiger partial charge is 0.329 e. The highest BCUT2D eigenvalue weighted by Gasteiger charge is 2.34. The first kappa shape index (κ1) is 18.3. The molecule has 0 spiro atoms. The van der Waals surface area contributed by atoms with Gasteiger partial charge in [-0.15, -0.1) is 11.3 Å². The molecule has 7 nitrogen and oxygen atoms in total. The smallest absolute Gasteiger partial charge is 0.279 e. The van der Waals surface area contributed by atoms with Gasteiger partial charge in [-0.05, 0) is 6.92 Å². The van der Waals surface area contributed by atoms with Crippen LogP contribution in [-0.4, -0.2) is 48.3 Å². The van der Waals surface area contributed by atoms with Crippen LogP contribution >= 0.6 is 11.3 Å². The molecule has 0 radical (unpaired) electrons. The summed E-state index contributed by atoms with van der Waals surface area (Å²) in [4.78, 5) is 18.7. The van der Waals surface area contributed by atoms with Crippen molar-refractivity contribution in [1.82, 2.24) is 13.7 Å². The van der Waals surface area contributed by atoms with E-state index in [0.29, 0.717) is 31.1 Å². The van der Waals surface area contributed by atoms with Crippen LogP contribution in [0, 0.1) is 6.92 Å². The van der Waals surface area contributed by atoms with Gasteiger partial charge in [0.2, 0.25) is 0 Å². The Morgan fingerprint density at radius 1 is 1.19 bits per heavy atom. The zero-order valence-electron chi connectivity index (χ0n) is 15.0. The number of nitrogens with one attached hydrogen (secondary N) is 1. The quantitative estimate of drug-likeness (QED) is 0.671. The van der Waals surface area contributed by atoms with Gasteiger partial charge in [0.05, 0.1) is 31.9 Å². The van der Waals surface area contributed by atoms with Crippen LogP contribution in [0.2, 0.25) is 0 Å². The summed E-state index contributed by atoms with van der Waals surface area (Å²) in [7, 11) is -3.86. The van der Waals surface area contributed by atoms with E-state index >= 15 is 0 Å². The lowest BCUT2D eigenvalue weighted by Gasteiger charge is -2.31. The first-order chi connectivity index (χ1) is 13.0. The van der Waals surface area contributed by atoms with Gasteiger partial charge in [-0.25, -0.2) is 13.4 Å². The van der Waals surface area contributed by atoms with Crippen LogP contribution in [0.1, 0.15) is 11.3 Å². The van der Waals surface area contributed by atoms with Crippen LogP contribution < -0.4 is 10.5 Å². The van der Waals surface area contributed by atoms with E-state index < -0.39 is 15.6 Å². The Balaban J connectivity index is 1.55. The van der Waals surface area contributed by atoms with Gasteiger partial charge in [-0.3, -0.25) is 9.20 Å². The van der Waals surface area contributed by atoms with Gasteiger partial charge in [0.1, 0.15) is 6.54 Å². The molecule has 0 atom stereocenters. The predicted molar refractivity (Wildman–Crippen MR) is 104 cm³/mol. The molecule has 1 N–H and O–H groups in total. The van der Waals surface area contributed by atoms with E-state index in [1.807, 2.05) is 18.2 Å². The number of quaternary nitrogens is 1. The van der Waals surface area contributed by atoms with Crippen molar-refractivity contribution in [3.05, 3.63) is 63.5 Å². The van der Waals surface area contributed by atoms with Crippen molar-refractivity contribution in [2.24, 2.45) is 0 Å². The molecular weight excluding hydrogens is 384 g/mol. The first-order valence-corrected chi connectivity index (χ1v) is 11.1. The molecule has 0 unspecified atom stereocenters. The van der Waals surface area contributed by atoms with Crippen molar-refractivity contribution in [2.45, 2.75) is 18.4 Å². The van der Waals surface area contributed by atoms with Crippen LogP contribution in [-0.2, 0) is 16.6 Å². The summed E-state index contributed by atoms with van der Waals surface area (Å²) in [6.07, 6.45) is 1.57. The first-order valence-electron chi connectivity index (χ1n) is 8.81. The molecule has 2 aromatic heterocycles. The van der Waals surface area contributed by atoms with Crippen molar-refractivity contribution in [1.29, 1.82) is 0 Å². The Hall–Kier alpha value is -2.07. The summed E-state index contributed by atoms with van der Waals surface area (Å²) in [6.45, 7) is 4.68. The fourth-order valence-electron chi connectivity index (χ4n) is 3.50. The number of fused-ring (bicyclic) bond motifs is 1. The van der Waals surface area contributed by atoms with E-state index in [2.05, 4.69) is 17.1 Å². The van der Waals surface area contributed by atoms with Crippen molar-refractivity contribution in [3.8, 4) is 0 Å². The maximum atomic E-state index is 13.1. The highest BCUT2D eigenvalue weighted by molar-refractivity contribution is 7.89. The van der Waals surface area contributed by atoms with Crippen LogP contribution in [0.4, 0.5) is 0 Å². The van der Waals surface area contributed by atoms with Crippen molar-refractivity contribution < 1.29 is 13.3 Å². The molecule has 0 bridgehead atoms. The molecule has 9 heteroatoms. The standard InChI is InChI=1S/C18H20N4O3S2/c1-14-16(17(23)22-11-12-26-18(22)19-14)27(24,25)21-9-7-20(8-10-21)13-15-5-3-2-4-6-15/h2-6,11-12H,7-10,13H2,1H3/p+1. The molecule has 142 valence electrons. The molecule has 1 aliphatic rings. The van der Waals surface area contributed by atoms with Gasteiger partial charge < -0.3 is 4.90 Å².